The van der Waals surface area contributed by atoms with Crippen molar-refractivity contribution in [1.29, 1.82) is 0 Å². The van der Waals surface area contributed by atoms with Gasteiger partial charge in [0.05, 0.1) is 6.61 Å². The molecular formula is C10H13F2NO3S. The predicted octanol–water partition coefficient (Wildman–Crippen LogP) is 0.968. The highest BCUT2D eigenvalue weighted by Crippen LogP contribution is 2.19. The van der Waals surface area contributed by atoms with Crippen molar-refractivity contribution in [3.63, 3.8) is 0 Å². The second-order valence-corrected chi connectivity index (χ2v) is 5.20. The van der Waals surface area contributed by atoms with Crippen molar-refractivity contribution in [2.75, 3.05) is 19.7 Å². The minimum atomic E-state index is -4.11. The lowest BCUT2D eigenvalue weighted by atomic mass is 10.3. The number of hydrogen-bond acceptors (Lipinski definition) is 3. The third-order valence-corrected chi connectivity index (χ3v) is 4.20. The zero-order valence-corrected chi connectivity index (χ0v) is 10.0. The van der Waals surface area contributed by atoms with E-state index >= 15 is 0 Å². The molecule has 1 rings (SSSR count). The van der Waals surface area contributed by atoms with Crippen LogP contribution in [0.4, 0.5) is 8.78 Å². The maximum absolute atomic E-state index is 13.4. The Morgan fingerprint density at radius 3 is 2.53 bits per heavy atom. The fourth-order valence-electron chi connectivity index (χ4n) is 1.37. The van der Waals surface area contributed by atoms with Crippen LogP contribution in [0, 0.1) is 11.6 Å². The van der Waals surface area contributed by atoms with Gasteiger partial charge < -0.3 is 5.11 Å². The second-order valence-electron chi connectivity index (χ2n) is 3.30. The summed E-state index contributed by atoms with van der Waals surface area (Å²) < 4.78 is 51.0. The van der Waals surface area contributed by atoms with Crippen molar-refractivity contribution in [1.82, 2.24) is 4.31 Å². The first-order chi connectivity index (χ1) is 7.93. The summed E-state index contributed by atoms with van der Waals surface area (Å²) in [5, 5.41) is 8.73. The summed E-state index contributed by atoms with van der Waals surface area (Å²) in [4.78, 5) is -0.715. The average molecular weight is 265 g/mol. The molecule has 1 N–H and O–H groups in total. The van der Waals surface area contributed by atoms with Crippen LogP contribution in [-0.2, 0) is 10.0 Å². The van der Waals surface area contributed by atoms with E-state index in [2.05, 4.69) is 0 Å². The molecule has 4 nitrogen and oxygen atoms in total. The molecule has 1 aromatic rings. The van der Waals surface area contributed by atoms with E-state index in [9.17, 15) is 17.2 Å². The molecule has 0 spiro atoms. The third-order valence-electron chi connectivity index (χ3n) is 2.21. The van der Waals surface area contributed by atoms with Crippen LogP contribution in [0.2, 0.25) is 0 Å². The van der Waals surface area contributed by atoms with Crippen LogP contribution in [0.25, 0.3) is 0 Å². The first-order valence-corrected chi connectivity index (χ1v) is 6.43. The number of nitrogens with zero attached hydrogens (tertiary/aromatic N) is 1. The number of rotatable bonds is 5. The van der Waals surface area contributed by atoms with E-state index in [1.807, 2.05) is 0 Å². The lowest BCUT2D eigenvalue weighted by Crippen LogP contribution is -2.34. The van der Waals surface area contributed by atoms with Crippen LogP contribution in [0.15, 0.2) is 23.1 Å². The van der Waals surface area contributed by atoms with Gasteiger partial charge in [0.2, 0.25) is 10.0 Å². The van der Waals surface area contributed by atoms with E-state index in [1.54, 1.807) is 6.92 Å². The molecule has 17 heavy (non-hydrogen) atoms. The Morgan fingerprint density at radius 1 is 1.35 bits per heavy atom. The van der Waals surface area contributed by atoms with Crippen molar-refractivity contribution in [3.8, 4) is 0 Å². The van der Waals surface area contributed by atoms with E-state index in [0.29, 0.717) is 6.07 Å². The van der Waals surface area contributed by atoms with E-state index in [4.69, 9.17) is 5.11 Å². The standard InChI is InChI=1S/C10H13F2NO3S/c1-2-13(5-6-14)17(15,16)10-7-8(11)3-4-9(10)12/h3-4,7,14H,2,5-6H2,1H3. The highest BCUT2D eigenvalue weighted by Gasteiger charge is 2.26. The van der Waals surface area contributed by atoms with Crippen molar-refractivity contribution in [2.24, 2.45) is 0 Å². The number of aliphatic hydroxyl groups is 1. The SMILES string of the molecule is CCN(CCO)S(=O)(=O)c1cc(F)ccc1F. The molecule has 7 heteroatoms. The molecule has 0 aliphatic carbocycles. The van der Waals surface area contributed by atoms with E-state index < -0.39 is 26.6 Å². The lowest BCUT2D eigenvalue weighted by Gasteiger charge is -2.19. The average Bonchev–Trinajstić information content (AvgIpc) is 2.28. The zero-order chi connectivity index (χ0) is 13.1. The molecule has 96 valence electrons. The van der Waals surface area contributed by atoms with Crippen LogP contribution >= 0.6 is 0 Å². The molecule has 0 saturated heterocycles. The predicted molar refractivity (Wildman–Crippen MR) is 57.9 cm³/mol. The maximum Gasteiger partial charge on any atom is 0.246 e. The van der Waals surface area contributed by atoms with Gasteiger partial charge in [-0.15, -0.1) is 0 Å². The van der Waals surface area contributed by atoms with Gasteiger partial charge in [-0.2, -0.15) is 4.31 Å². The molecule has 0 radical (unpaired) electrons. The highest BCUT2D eigenvalue weighted by atomic mass is 32.2. The summed E-state index contributed by atoms with van der Waals surface area (Å²) >= 11 is 0. The Kier molecular flexibility index (Phi) is 4.55. The number of halogens is 2. The Bertz CT molecular complexity index is 490. The normalized spacial score (nSPS) is 12.1. The molecule has 0 aliphatic heterocycles. The van der Waals surface area contributed by atoms with Crippen LogP contribution in [0.1, 0.15) is 6.92 Å². The minimum absolute atomic E-state index is 0.0683. The first kappa shape index (κ1) is 14.0. The summed E-state index contributed by atoms with van der Waals surface area (Å²) in [6.45, 7) is 1.07. The van der Waals surface area contributed by atoms with Crippen LogP contribution < -0.4 is 0 Å². The lowest BCUT2D eigenvalue weighted by molar-refractivity contribution is 0.256. The van der Waals surface area contributed by atoms with Gasteiger partial charge >= 0.3 is 0 Å². The topological polar surface area (TPSA) is 57.6 Å². The van der Waals surface area contributed by atoms with Gasteiger partial charge in [0, 0.05) is 13.1 Å². The van der Waals surface area contributed by atoms with E-state index in [-0.39, 0.29) is 19.7 Å². The van der Waals surface area contributed by atoms with Crippen LogP contribution in [0.3, 0.4) is 0 Å². The van der Waals surface area contributed by atoms with Gasteiger partial charge in [-0.05, 0) is 18.2 Å². The number of benzene rings is 1. The summed E-state index contributed by atoms with van der Waals surface area (Å²) in [6.07, 6.45) is 0. The number of aliphatic hydroxyl groups excluding tert-OH is 1. The molecule has 0 saturated carbocycles. The monoisotopic (exact) mass is 265 g/mol. The summed E-state index contributed by atoms with van der Waals surface area (Å²) in [5.74, 6) is -1.84. The van der Waals surface area contributed by atoms with Crippen molar-refractivity contribution < 1.29 is 22.3 Å². The van der Waals surface area contributed by atoms with Gasteiger partial charge in [-0.25, -0.2) is 17.2 Å². The zero-order valence-electron chi connectivity index (χ0n) is 9.23. The molecule has 0 heterocycles. The Morgan fingerprint density at radius 2 is 2.00 bits per heavy atom. The molecule has 0 aliphatic rings. The molecule has 0 bridgehead atoms. The molecule has 0 aromatic heterocycles. The van der Waals surface area contributed by atoms with Gasteiger partial charge in [-0.3, -0.25) is 0 Å². The third kappa shape index (κ3) is 2.99. The van der Waals surface area contributed by atoms with Gasteiger partial charge in [0.15, 0.2) is 0 Å². The number of likely N-dealkylation sites (N-methyl/N-ethyl adjacent to an activating group) is 1. The fourth-order valence-corrected chi connectivity index (χ4v) is 2.89. The van der Waals surface area contributed by atoms with Gasteiger partial charge in [0.1, 0.15) is 16.5 Å². The number of sulfonamides is 1. The fraction of sp³-hybridized carbons (Fsp3) is 0.400. The Labute approximate surface area is 98.5 Å². The maximum atomic E-state index is 13.4. The van der Waals surface area contributed by atoms with Gasteiger partial charge in [0.25, 0.3) is 0 Å². The Hall–Kier alpha value is -1.05. The Balaban J connectivity index is 3.24. The van der Waals surface area contributed by atoms with Crippen molar-refractivity contribution >= 4 is 10.0 Å². The molecule has 0 unspecified atom stereocenters. The van der Waals surface area contributed by atoms with Crippen molar-refractivity contribution in [2.45, 2.75) is 11.8 Å². The molecule has 0 atom stereocenters. The quantitative estimate of drug-likeness (QED) is 0.863. The highest BCUT2D eigenvalue weighted by molar-refractivity contribution is 7.89. The van der Waals surface area contributed by atoms with Crippen LogP contribution in [-0.4, -0.2) is 37.5 Å². The minimum Gasteiger partial charge on any atom is -0.395 e. The molecular weight excluding hydrogens is 252 g/mol. The van der Waals surface area contributed by atoms with E-state index in [0.717, 1.165) is 16.4 Å². The summed E-state index contributed by atoms with van der Waals surface area (Å²) in [5.41, 5.74) is 0. The molecule has 0 amide bonds. The number of hydrogen-bond donors (Lipinski definition) is 1. The summed E-state index contributed by atoms with van der Waals surface area (Å²) in [7, 11) is -4.11. The smallest absolute Gasteiger partial charge is 0.246 e. The molecule has 0 fully saturated rings. The van der Waals surface area contributed by atoms with Gasteiger partial charge in [-0.1, -0.05) is 6.92 Å². The van der Waals surface area contributed by atoms with Crippen molar-refractivity contribution in [3.05, 3.63) is 29.8 Å². The van der Waals surface area contributed by atoms with Crippen LogP contribution in [0.5, 0.6) is 0 Å². The van der Waals surface area contributed by atoms with E-state index in [1.165, 1.54) is 0 Å². The summed E-state index contributed by atoms with van der Waals surface area (Å²) in [6, 6.07) is 2.23. The largest absolute Gasteiger partial charge is 0.395 e. The molecule has 1 aromatic carbocycles. The second kappa shape index (κ2) is 5.52. The first-order valence-electron chi connectivity index (χ1n) is 4.99.